The molecule has 2 aromatic heterocycles. The van der Waals surface area contributed by atoms with Crippen LogP contribution in [0.3, 0.4) is 0 Å². The monoisotopic (exact) mass is 390 g/mol. The fraction of sp³-hybridized carbons (Fsp3) is 0.550. The first-order valence-electron chi connectivity index (χ1n) is 9.70. The largest absolute Gasteiger partial charge is 0.469 e. The van der Waals surface area contributed by atoms with Crippen molar-refractivity contribution in [3.05, 3.63) is 46.5 Å². The van der Waals surface area contributed by atoms with E-state index in [0.717, 1.165) is 57.5 Å². The van der Waals surface area contributed by atoms with Gasteiger partial charge < -0.3 is 19.8 Å². The van der Waals surface area contributed by atoms with Gasteiger partial charge in [-0.15, -0.1) is 11.3 Å². The zero-order valence-corrected chi connectivity index (χ0v) is 17.0. The van der Waals surface area contributed by atoms with E-state index in [9.17, 15) is 0 Å². The molecule has 6 nitrogen and oxygen atoms in total. The van der Waals surface area contributed by atoms with Crippen LogP contribution in [0.5, 0.6) is 0 Å². The van der Waals surface area contributed by atoms with Crippen molar-refractivity contribution >= 4 is 17.3 Å². The predicted octanol–water partition coefficient (Wildman–Crippen LogP) is 2.90. The predicted molar refractivity (Wildman–Crippen MR) is 110 cm³/mol. The Labute approximate surface area is 165 Å². The molecule has 0 spiro atoms. The van der Waals surface area contributed by atoms with Crippen LogP contribution in [0.25, 0.3) is 0 Å². The summed E-state index contributed by atoms with van der Waals surface area (Å²) >= 11 is 1.80. The number of hydrogen-bond donors (Lipinski definition) is 2. The van der Waals surface area contributed by atoms with Gasteiger partial charge in [-0.3, -0.25) is 9.89 Å². The van der Waals surface area contributed by atoms with E-state index in [2.05, 4.69) is 46.9 Å². The molecule has 0 bridgehead atoms. The summed E-state index contributed by atoms with van der Waals surface area (Å²) < 4.78 is 11.1. The minimum absolute atomic E-state index is 0.268. The standard InChI is InChI=1S/C20H30N4O2S/c1-3-21-20(22-9-8-17-6-4-11-26-17)23-14-18(19-7-5-13-27-19)24-10-12-25-16(2)15-24/h4-7,11,13,16,18H,3,8-10,12,14-15H2,1-2H3,(H2,21,22,23). The van der Waals surface area contributed by atoms with E-state index in [1.807, 2.05) is 12.1 Å². The van der Waals surface area contributed by atoms with Crippen molar-refractivity contribution in [2.24, 2.45) is 4.99 Å². The second kappa shape index (κ2) is 10.5. The van der Waals surface area contributed by atoms with Gasteiger partial charge in [-0.05, 0) is 37.4 Å². The summed E-state index contributed by atoms with van der Waals surface area (Å²) in [4.78, 5) is 8.73. The fourth-order valence-electron chi connectivity index (χ4n) is 3.27. The number of morpholine rings is 1. The molecule has 1 fully saturated rings. The number of aliphatic imine (C=N–C) groups is 1. The highest BCUT2D eigenvalue weighted by Gasteiger charge is 2.26. The maximum Gasteiger partial charge on any atom is 0.191 e. The molecule has 0 radical (unpaired) electrons. The molecule has 27 heavy (non-hydrogen) atoms. The second-order valence-electron chi connectivity index (χ2n) is 6.68. The molecule has 1 saturated heterocycles. The smallest absolute Gasteiger partial charge is 0.191 e. The molecule has 2 aromatic rings. The molecule has 0 saturated carbocycles. The van der Waals surface area contributed by atoms with E-state index < -0.39 is 0 Å². The highest BCUT2D eigenvalue weighted by molar-refractivity contribution is 7.10. The summed E-state index contributed by atoms with van der Waals surface area (Å²) in [7, 11) is 0. The number of nitrogens with one attached hydrogen (secondary N) is 2. The first-order valence-corrected chi connectivity index (χ1v) is 10.6. The fourth-order valence-corrected chi connectivity index (χ4v) is 4.13. The molecular weight excluding hydrogens is 360 g/mol. The van der Waals surface area contributed by atoms with E-state index >= 15 is 0 Å². The Morgan fingerprint density at radius 3 is 3.00 bits per heavy atom. The van der Waals surface area contributed by atoms with Gasteiger partial charge in [-0.1, -0.05) is 6.07 Å². The molecular formula is C20H30N4O2S. The Morgan fingerprint density at radius 1 is 1.37 bits per heavy atom. The van der Waals surface area contributed by atoms with Crippen molar-refractivity contribution in [1.29, 1.82) is 0 Å². The van der Waals surface area contributed by atoms with Crippen LogP contribution in [0.4, 0.5) is 0 Å². The number of nitrogens with zero attached hydrogens (tertiary/aromatic N) is 2. The van der Waals surface area contributed by atoms with Crippen LogP contribution in [-0.2, 0) is 11.2 Å². The Bertz CT molecular complexity index is 672. The van der Waals surface area contributed by atoms with Crippen molar-refractivity contribution in [2.45, 2.75) is 32.4 Å². The SMILES string of the molecule is CCNC(=NCC(c1cccs1)N1CCOC(C)C1)NCCc1ccco1. The van der Waals surface area contributed by atoms with E-state index in [-0.39, 0.29) is 12.1 Å². The lowest BCUT2D eigenvalue weighted by Crippen LogP contribution is -2.44. The van der Waals surface area contributed by atoms with Gasteiger partial charge in [0, 0.05) is 37.5 Å². The molecule has 0 aliphatic carbocycles. The Morgan fingerprint density at radius 2 is 2.30 bits per heavy atom. The maximum atomic E-state index is 5.72. The lowest BCUT2D eigenvalue weighted by molar-refractivity contribution is -0.0327. The molecule has 7 heteroatoms. The highest BCUT2D eigenvalue weighted by atomic mass is 32.1. The minimum Gasteiger partial charge on any atom is -0.469 e. The van der Waals surface area contributed by atoms with Crippen molar-refractivity contribution in [2.75, 3.05) is 39.3 Å². The molecule has 3 rings (SSSR count). The van der Waals surface area contributed by atoms with Gasteiger partial charge in [0.2, 0.25) is 0 Å². The Hall–Kier alpha value is -1.83. The maximum absolute atomic E-state index is 5.72. The molecule has 3 heterocycles. The van der Waals surface area contributed by atoms with Crippen LogP contribution in [0, 0.1) is 0 Å². The van der Waals surface area contributed by atoms with Crippen molar-refractivity contribution in [3.8, 4) is 0 Å². The quantitative estimate of drug-likeness (QED) is 0.536. The van der Waals surface area contributed by atoms with Crippen LogP contribution in [-0.4, -0.2) is 56.3 Å². The number of guanidine groups is 1. The number of ether oxygens (including phenoxy) is 1. The van der Waals surface area contributed by atoms with Gasteiger partial charge in [0.1, 0.15) is 5.76 Å². The van der Waals surface area contributed by atoms with Gasteiger partial charge in [0.05, 0.1) is 31.6 Å². The summed E-state index contributed by atoms with van der Waals surface area (Å²) in [6.45, 7) is 9.26. The topological polar surface area (TPSA) is 62.0 Å². The third kappa shape index (κ3) is 6.09. The first kappa shape index (κ1) is 19.9. The third-order valence-corrected chi connectivity index (χ3v) is 5.57. The molecule has 1 aliphatic heterocycles. The van der Waals surface area contributed by atoms with Crippen molar-refractivity contribution in [1.82, 2.24) is 15.5 Å². The number of hydrogen-bond acceptors (Lipinski definition) is 5. The summed E-state index contributed by atoms with van der Waals surface area (Å²) in [5.41, 5.74) is 0. The summed E-state index contributed by atoms with van der Waals surface area (Å²) in [5, 5.41) is 8.90. The van der Waals surface area contributed by atoms with Crippen LogP contribution in [0.1, 0.15) is 30.5 Å². The zero-order chi connectivity index (χ0) is 18.9. The number of thiophene rings is 1. The van der Waals surface area contributed by atoms with Crippen LogP contribution < -0.4 is 10.6 Å². The molecule has 2 atom stereocenters. The number of rotatable bonds is 8. The van der Waals surface area contributed by atoms with Crippen molar-refractivity contribution < 1.29 is 9.15 Å². The molecule has 0 amide bonds. The van der Waals surface area contributed by atoms with E-state index in [1.54, 1.807) is 17.6 Å². The third-order valence-electron chi connectivity index (χ3n) is 4.60. The normalized spacial score (nSPS) is 19.8. The van der Waals surface area contributed by atoms with E-state index in [4.69, 9.17) is 14.1 Å². The molecule has 1 aliphatic rings. The second-order valence-corrected chi connectivity index (χ2v) is 7.66. The zero-order valence-electron chi connectivity index (χ0n) is 16.2. The lowest BCUT2D eigenvalue weighted by Gasteiger charge is -2.36. The van der Waals surface area contributed by atoms with Gasteiger partial charge in [0.25, 0.3) is 0 Å². The first-order chi connectivity index (χ1) is 13.3. The lowest BCUT2D eigenvalue weighted by atomic mass is 10.1. The van der Waals surface area contributed by atoms with Gasteiger partial charge in [-0.2, -0.15) is 0 Å². The summed E-state index contributed by atoms with van der Waals surface area (Å²) in [6, 6.07) is 8.54. The molecule has 2 unspecified atom stereocenters. The summed E-state index contributed by atoms with van der Waals surface area (Å²) in [6.07, 6.45) is 2.82. The van der Waals surface area contributed by atoms with Crippen LogP contribution in [0.2, 0.25) is 0 Å². The van der Waals surface area contributed by atoms with Gasteiger partial charge >= 0.3 is 0 Å². The van der Waals surface area contributed by atoms with E-state index in [1.165, 1.54) is 4.88 Å². The van der Waals surface area contributed by atoms with Gasteiger partial charge in [-0.25, -0.2) is 0 Å². The van der Waals surface area contributed by atoms with Gasteiger partial charge in [0.15, 0.2) is 5.96 Å². The minimum atomic E-state index is 0.268. The molecule has 148 valence electrons. The molecule has 2 N–H and O–H groups in total. The van der Waals surface area contributed by atoms with Crippen LogP contribution >= 0.6 is 11.3 Å². The Kier molecular flexibility index (Phi) is 7.74. The Balaban J connectivity index is 1.62. The van der Waals surface area contributed by atoms with Crippen molar-refractivity contribution in [3.63, 3.8) is 0 Å². The summed E-state index contributed by atoms with van der Waals surface area (Å²) in [5.74, 6) is 1.84. The molecule has 0 aromatic carbocycles. The average Bonchev–Trinajstić information content (AvgIpc) is 3.36. The highest BCUT2D eigenvalue weighted by Crippen LogP contribution is 2.27. The van der Waals surface area contributed by atoms with E-state index in [0.29, 0.717) is 0 Å². The average molecular weight is 391 g/mol. The number of furan rings is 1. The van der Waals surface area contributed by atoms with Crippen LogP contribution in [0.15, 0.2) is 45.3 Å².